The molecule has 0 unspecified atom stereocenters. The van der Waals surface area contributed by atoms with Crippen molar-refractivity contribution in [3.8, 4) is 0 Å². The summed E-state index contributed by atoms with van der Waals surface area (Å²) < 4.78 is 10.3. The Hall–Kier alpha value is -0.540. The van der Waals surface area contributed by atoms with Crippen LogP contribution in [0.4, 0.5) is 0 Å². The summed E-state index contributed by atoms with van der Waals surface area (Å²) in [5.74, 6) is 0.809. The molecule has 0 aromatic rings. The van der Waals surface area contributed by atoms with E-state index in [4.69, 9.17) is 9.47 Å². The molecule has 3 nitrogen and oxygen atoms in total. The van der Waals surface area contributed by atoms with E-state index >= 15 is 0 Å². The summed E-state index contributed by atoms with van der Waals surface area (Å²) in [6.45, 7) is 8.29. The summed E-state index contributed by atoms with van der Waals surface area (Å²) in [6.07, 6.45) is 4.96. The maximum Gasteiger partial charge on any atom is 0.0885 e. The van der Waals surface area contributed by atoms with Crippen LogP contribution in [0.15, 0.2) is 12.8 Å². The summed E-state index contributed by atoms with van der Waals surface area (Å²) in [6, 6.07) is 0. The number of ether oxygens (including phenoxy) is 2. The van der Waals surface area contributed by atoms with Crippen molar-refractivity contribution in [3.63, 3.8) is 0 Å². The lowest BCUT2D eigenvalue weighted by Gasteiger charge is -2.22. The Morgan fingerprint density at radius 3 is 2.93 bits per heavy atom. The van der Waals surface area contributed by atoms with Crippen molar-refractivity contribution in [1.82, 2.24) is 5.32 Å². The minimum Gasteiger partial charge on any atom is -0.502 e. The van der Waals surface area contributed by atoms with Crippen molar-refractivity contribution < 1.29 is 9.47 Å². The lowest BCUT2D eigenvalue weighted by Crippen LogP contribution is -2.28. The van der Waals surface area contributed by atoms with Crippen molar-refractivity contribution in [1.29, 1.82) is 0 Å². The minimum atomic E-state index is 0.768. The third kappa shape index (κ3) is 5.25. The highest BCUT2D eigenvalue weighted by molar-refractivity contribution is 4.65. The van der Waals surface area contributed by atoms with Crippen LogP contribution in [-0.2, 0) is 9.47 Å². The second-order valence-electron chi connectivity index (χ2n) is 3.65. The topological polar surface area (TPSA) is 30.5 Å². The maximum atomic E-state index is 5.30. The third-order valence-electron chi connectivity index (χ3n) is 2.51. The SMILES string of the molecule is C=COCCCNCC1CCOCC1. The normalized spacial score (nSPS) is 18.0. The standard InChI is InChI=1S/C11H21NO2/c1-2-13-7-3-6-12-10-11-4-8-14-9-5-11/h2,11-12H,1,3-10H2. The first-order valence-corrected chi connectivity index (χ1v) is 5.44. The Balaban J connectivity index is 1.85. The summed E-state index contributed by atoms with van der Waals surface area (Å²) in [7, 11) is 0. The second-order valence-corrected chi connectivity index (χ2v) is 3.65. The zero-order chi connectivity index (χ0) is 10.1. The molecule has 1 fully saturated rings. The average molecular weight is 199 g/mol. The number of hydrogen-bond donors (Lipinski definition) is 1. The molecule has 0 amide bonds. The quantitative estimate of drug-likeness (QED) is 0.498. The fraction of sp³-hybridized carbons (Fsp3) is 0.818. The highest BCUT2D eigenvalue weighted by atomic mass is 16.5. The summed E-state index contributed by atoms with van der Waals surface area (Å²) in [5, 5.41) is 3.44. The number of rotatable bonds is 7. The van der Waals surface area contributed by atoms with Gasteiger partial charge in [-0.15, -0.1) is 0 Å². The van der Waals surface area contributed by atoms with E-state index in [9.17, 15) is 0 Å². The van der Waals surface area contributed by atoms with Crippen LogP contribution in [0.2, 0.25) is 0 Å². The molecule has 0 aliphatic carbocycles. The van der Waals surface area contributed by atoms with Gasteiger partial charge in [0.05, 0.1) is 12.9 Å². The van der Waals surface area contributed by atoms with E-state index in [0.29, 0.717) is 0 Å². The van der Waals surface area contributed by atoms with Crippen LogP contribution < -0.4 is 5.32 Å². The highest BCUT2D eigenvalue weighted by Crippen LogP contribution is 2.12. The summed E-state index contributed by atoms with van der Waals surface area (Å²) in [5.41, 5.74) is 0. The van der Waals surface area contributed by atoms with Crippen LogP contribution in [0.5, 0.6) is 0 Å². The van der Waals surface area contributed by atoms with Gasteiger partial charge in [-0.05, 0) is 38.3 Å². The molecule has 0 aromatic heterocycles. The molecule has 1 saturated heterocycles. The molecule has 0 atom stereocenters. The molecule has 0 spiro atoms. The van der Waals surface area contributed by atoms with Crippen molar-refractivity contribution in [2.24, 2.45) is 5.92 Å². The van der Waals surface area contributed by atoms with Crippen LogP contribution >= 0.6 is 0 Å². The van der Waals surface area contributed by atoms with E-state index in [1.165, 1.54) is 19.1 Å². The second kappa shape index (κ2) is 7.83. The van der Waals surface area contributed by atoms with Crippen molar-refractivity contribution in [3.05, 3.63) is 12.8 Å². The Morgan fingerprint density at radius 1 is 1.43 bits per heavy atom. The Morgan fingerprint density at radius 2 is 2.21 bits per heavy atom. The van der Waals surface area contributed by atoms with Gasteiger partial charge < -0.3 is 14.8 Å². The fourth-order valence-corrected chi connectivity index (χ4v) is 1.62. The largest absolute Gasteiger partial charge is 0.502 e. The molecule has 1 rings (SSSR count). The summed E-state index contributed by atoms with van der Waals surface area (Å²) >= 11 is 0. The van der Waals surface area contributed by atoms with Gasteiger partial charge in [0.15, 0.2) is 0 Å². The predicted molar refractivity (Wildman–Crippen MR) is 57.2 cm³/mol. The molecule has 1 N–H and O–H groups in total. The molecular weight excluding hydrogens is 178 g/mol. The van der Waals surface area contributed by atoms with E-state index in [1.54, 1.807) is 0 Å². The first-order chi connectivity index (χ1) is 6.93. The molecule has 3 heteroatoms. The van der Waals surface area contributed by atoms with Crippen molar-refractivity contribution >= 4 is 0 Å². The van der Waals surface area contributed by atoms with Gasteiger partial charge >= 0.3 is 0 Å². The lowest BCUT2D eigenvalue weighted by atomic mass is 10.0. The first kappa shape index (κ1) is 11.5. The smallest absolute Gasteiger partial charge is 0.0885 e. The van der Waals surface area contributed by atoms with Crippen LogP contribution in [-0.4, -0.2) is 32.9 Å². The zero-order valence-corrected chi connectivity index (χ0v) is 8.84. The van der Waals surface area contributed by atoms with Crippen molar-refractivity contribution in [2.45, 2.75) is 19.3 Å². The Labute approximate surface area is 86.5 Å². The van der Waals surface area contributed by atoms with Gasteiger partial charge in [-0.2, -0.15) is 0 Å². The van der Waals surface area contributed by atoms with Crippen LogP contribution in [0.1, 0.15) is 19.3 Å². The Kier molecular flexibility index (Phi) is 6.45. The molecule has 1 aliphatic rings. The minimum absolute atomic E-state index is 0.768. The third-order valence-corrected chi connectivity index (χ3v) is 2.51. The average Bonchev–Trinajstić information content (AvgIpc) is 2.25. The van der Waals surface area contributed by atoms with Crippen molar-refractivity contribution in [2.75, 3.05) is 32.9 Å². The Bertz CT molecular complexity index is 144. The monoisotopic (exact) mass is 199 g/mol. The van der Waals surface area contributed by atoms with E-state index in [0.717, 1.165) is 45.2 Å². The molecule has 0 radical (unpaired) electrons. The van der Waals surface area contributed by atoms with E-state index in [-0.39, 0.29) is 0 Å². The molecule has 1 heterocycles. The summed E-state index contributed by atoms with van der Waals surface area (Å²) in [4.78, 5) is 0. The van der Waals surface area contributed by atoms with Gasteiger partial charge in [0.25, 0.3) is 0 Å². The molecule has 82 valence electrons. The molecular formula is C11H21NO2. The number of nitrogens with one attached hydrogen (secondary N) is 1. The van der Waals surface area contributed by atoms with E-state index in [2.05, 4.69) is 11.9 Å². The van der Waals surface area contributed by atoms with E-state index in [1.807, 2.05) is 0 Å². The molecule has 0 bridgehead atoms. The van der Waals surface area contributed by atoms with Crippen LogP contribution in [0, 0.1) is 5.92 Å². The molecule has 0 saturated carbocycles. The van der Waals surface area contributed by atoms with Gasteiger partial charge in [-0.1, -0.05) is 6.58 Å². The fourth-order valence-electron chi connectivity index (χ4n) is 1.62. The van der Waals surface area contributed by atoms with Crippen LogP contribution in [0.25, 0.3) is 0 Å². The first-order valence-electron chi connectivity index (χ1n) is 5.44. The molecule has 0 aromatic carbocycles. The van der Waals surface area contributed by atoms with Gasteiger partial charge in [-0.3, -0.25) is 0 Å². The van der Waals surface area contributed by atoms with Gasteiger partial charge in [0.2, 0.25) is 0 Å². The van der Waals surface area contributed by atoms with Gasteiger partial charge in [0, 0.05) is 13.2 Å². The lowest BCUT2D eigenvalue weighted by molar-refractivity contribution is 0.0662. The zero-order valence-electron chi connectivity index (χ0n) is 8.84. The maximum absolute atomic E-state index is 5.30. The van der Waals surface area contributed by atoms with Crippen LogP contribution in [0.3, 0.4) is 0 Å². The predicted octanol–water partition coefficient (Wildman–Crippen LogP) is 1.55. The van der Waals surface area contributed by atoms with E-state index < -0.39 is 0 Å². The van der Waals surface area contributed by atoms with Gasteiger partial charge in [0.1, 0.15) is 0 Å². The van der Waals surface area contributed by atoms with Gasteiger partial charge in [-0.25, -0.2) is 0 Å². The highest BCUT2D eigenvalue weighted by Gasteiger charge is 2.12. The molecule has 14 heavy (non-hydrogen) atoms. The molecule has 1 aliphatic heterocycles. The number of hydrogen-bond acceptors (Lipinski definition) is 3.